The van der Waals surface area contributed by atoms with Crippen molar-refractivity contribution in [1.29, 1.82) is 0 Å². The summed E-state index contributed by atoms with van der Waals surface area (Å²) < 4.78 is 12.1. The molecular weight excluding hydrogens is 396 g/mol. The fraction of sp³-hybridized carbons (Fsp3) is 0.429. The molecule has 0 heterocycles. The Morgan fingerprint density at radius 1 is 0.935 bits per heavy atom. The first-order valence-corrected chi connectivity index (χ1v) is 14.2. The van der Waals surface area contributed by atoms with Crippen molar-refractivity contribution in [3.05, 3.63) is 77.4 Å². The van der Waals surface area contributed by atoms with Crippen LogP contribution < -0.4 is 0 Å². The molecule has 2 aromatic carbocycles. The number of hydrogen-bond acceptors (Lipinski definition) is 2. The Morgan fingerprint density at radius 3 is 2.39 bits per heavy atom. The first-order valence-electron chi connectivity index (χ1n) is 11.3. The third-order valence-electron chi connectivity index (χ3n) is 5.79. The minimum Gasteiger partial charge on any atom is -0.417 e. The molecular formula is C28H38O2Si. The van der Waals surface area contributed by atoms with Gasteiger partial charge in [-0.3, -0.25) is 0 Å². The Morgan fingerprint density at radius 2 is 1.65 bits per heavy atom. The summed E-state index contributed by atoms with van der Waals surface area (Å²) in [5, 5.41) is 0.274. The van der Waals surface area contributed by atoms with Crippen molar-refractivity contribution >= 4 is 14.4 Å². The molecule has 2 rings (SSSR count). The van der Waals surface area contributed by atoms with E-state index in [9.17, 15) is 0 Å². The highest BCUT2D eigenvalue weighted by atomic mass is 28.4. The molecule has 0 aliphatic heterocycles. The van der Waals surface area contributed by atoms with Crippen LogP contribution in [0.25, 0.3) is 6.08 Å². The summed E-state index contributed by atoms with van der Waals surface area (Å²) in [5.41, 5.74) is 3.39. The first-order chi connectivity index (χ1) is 14.8. The van der Waals surface area contributed by atoms with Crippen LogP contribution in [0.2, 0.25) is 18.1 Å². The van der Waals surface area contributed by atoms with E-state index in [2.05, 4.69) is 82.1 Å². The summed E-state index contributed by atoms with van der Waals surface area (Å²) in [6.45, 7) is 13.5. The van der Waals surface area contributed by atoms with Crippen molar-refractivity contribution in [1.82, 2.24) is 0 Å². The van der Waals surface area contributed by atoms with Crippen LogP contribution in [0, 0.1) is 11.8 Å². The van der Waals surface area contributed by atoms with Crippen molar-refractivity contribution < 1.29 is 9.16 Å². The molecule has 0 unspecified atom stereocenters. The van der Waals surface area contributed by atoms with Crippen LogP contribution in [0.5, 0.6) is 0 Å². The normalized spacial score (nSPS) is 12.0. The van der Waals surface area contributed by atoms with Gasteiger partial charge in [0.05, 0.1) is 13.2 Å². The molecule has 0 aliphatic carbocycles. The van der Waals surface area contributed by atoms with E-state index in [4.69, 9.17) is 9.16 Å². The predicted molar refractivity (Wildman–Crippen MR) is 135 cm³/mol. The van der Waals surface area contributed by atoms with Crippen LogP contribution in [0.15, 0.2) is 60.7 Å². The SMILES string of the molecule is CC(C)(C)[Si](C)(C)OCCCCC#Cc1ccccc1COC/C=C/c1ccccc1. The van der Waals surface area contributed by atoms with Gasteiger partial charge in [-0.15, -0.1) is 0 Å². The van der Waals surface area contributed by atoms with E-state index < -0.39 is 8.32 Å². The zero-order valence-electron chi connectivity index (χ0n) is 19.9. The second-order valence-corrected chi connectivity index (χ2v) is 14.2. The Bertz CT molecular complexity index is 867. The topological polar surface area (TPSA) is 18.5 Å². The number of benzene rings is 2. The Hall–Kier alpha value is -2.12. The van der Waals surface area contributed by atoms with Gasteiger partial charge in [0.25, 0.3) is 0 Å². The van der Waals surface area contributed by atoms with Crippen molar-refractivity contribution in [2.75, 3.05) is 13.2 Å². The van der Waals surface area contributed by atoms with E-state index in [0.29, 0.717) is 13.2 Å². The molecule has 166 valence electrons. The number of hydrogen-bond donors (Lipinski definition) is 0. The zero-order valence-corrected chi connectivity index (χ0v) is 20.9. The third kappa shape index (κ3) is 9.27. The quantitative estimate of drug-likeness (QED) is 0.219. The highest BCUT2D eigenvalue weighted by molar-refractivity contribution is 6.74. The Kier molecular flexibility index (Phi) is 10.3. The van der Waals surface area contributed by atoms with Gasteiger partial charge in [0.1, 0.15) is 0 Å². The summed E-state index contributed by atoms with van der Waals surface area (Å²) in [5.74, 6) is 6.66. The van der Waals surface area contributed by atoms with E-state index in [1.54, 1.807) is 0 Å². The van der Waals surface area contributed by atoms with Crippen molar-refractivity contribution in [2.24, 2.45) is 0 Å². The molecule has 0 radical (unpaired) electrons. The van der Waals surface area contributed by atoms with Gasteiger partial charge in [-0.05, 0) is 48.2 Å². The summed E-state index contributed by atoms with van der Waals surface area (Å²) in [4.78, 5) is 0. The lowest BCUT2D eigenvalue weighted by Crippen LogP contribution is -2.40. The zero-order chi connectivity index (χ0) is 22.6. The summed E-state index contributed by atoms with van der Waals surface area (Å²) in [7, 11) is -1.63. The minimum atomic E-state index is -1.63. The summed E-state index contributed by atoms with van der Waals surface area (Å²) >= 11 is 0. The van der Waals surface area contributed by atoms with Crippen molar-refractivity contribution in [3.8, 4) is 11.8 Å². The molecule has 2 nitrogen and oxygen atoms in total. The fourth-order valence-corrected chi connectivity index (χ4v) is 3.86. The molecule has 2 aromatic rings. The third-order valence-corrected chi connectivity index (χ3v) is 10.3. The van der Waals surface area contributed by atoms with E-state index in [1.807, 2.05) is 30.3 Å². The second-order valence-electron chi connectivity index (χ2n) is 9.35. The molecule has 0 bridgehead atoms. The summed E-state index contributed by atoms with van der Waals surface area (Å²) in [6, 6.07) is 18.5. The molecule has 31 heavy (non-hydrogen) atoms. The van der Waals surface area contributed by atoms with Gasteiger partial charge >= 0.3 is 0 Å². The van der Waals surface area contributed by atoms with E-state index in [-0.39, 0.29) is 5.04 Å². The van der Waals surface area contributed by atoms with Crippen LogP contribution >= 0.6 is 0 Å². The van der Waals surface area contributed by atoms with Crippen LogP contribution in [-0.4, -0.2) is 21.5 Å². The molecule has 0 saturated heterocycles. The molecule has 0 spiro atoms. The van der Waals surface area contributed by atoms with Crippen LogP contribution in [-0.2, 0) is 15.8 Å². The molecule has 3 heteroatoms. The standard InChI is InChI=1S/C28H38O2Si/c1-28(2,3)31(4,5)30-23-14-7-6-11-19-26-20-12-13-21-27(26)24-29-22-15-18-25-16-9-8-10-17-25/h8-10,12-13,15-18,20-21H,6-7,14,22-24H2,1-5H3/b18-15+. The smallest absolute Gasteiger partial charge is 0.191 e. The maximum atomic E-state index is 6.24. The monoisotopic (exact) mass is 434 g/mol. The Labute approximate surface area is 190 Å². The minimum absolute atomic E-state index is 0.274. The second kappa shape index (κ2) is 12.7. The largest absolute Gasteiger partial charge is 0.417 e. The van der Waals surface area contributed by atoms with E-state index in [0.717, 1.165) is 37.0 Å². The maximum Gasteiger partial charge on any atom is 0.191 e. The lowest BCUT2D eigenvalue weighted by Gasteiger charge is -2.36. The Balaban J connectivity index is 1.72. The van der Waals surface area contributed by atoms with Crippen molar-refractivity contribution in [2.45, 2.75) is 64.8 Å². The van der Waals surface area contributed by atoms with Gasteiger partial charge in [-0.1, -0.05) is 93.3 Å². The van der Waals surface area contributed by atoms with E-state index in [1.165, 1.54) is 5.56 Å². The van der Waals surface area contributed by atoms with Crippen LogP contribution in [0.4, 0.5) is 0 Å². The lowest BCUT2D eigenvalue weighted by atomic mass is 10.1. The van der Waals surface area contributed by atoms with Gasteiger partial charge in [-0.2, -0.15) is 0 Å². The molecule has 0 N–H and O–H groups in total. The van der Waals surface area contributed by atoms with Gasteiger partial charge in [0, 0.05) is 18.6 Å². The lowest BCUT2D eigenvalue weighted by molar-refractivity contribution is 0.149. The van der Waals surface area contributed by atoms with Crippen molar-refractivity contribution in [3.63, 3.8) is 0 Å². The van der Waals surface area contributed by atoms with Gasteiger partial charge < -0.3 is 9.16 Å². The molecule has 0 atom stereocenters. The molecule has 0 amide bonds. The molecule has 0 aromatic heterocycles. The van der Waals surface area contributed by atoms with E-state index >= 15 is 0 Å². The van der Waals surface area contributed by atoms with Gasteiger partial charge in [0.2, 0.25) is 0 Å². The predicted octanol–water partition coefficient (Wildman–Crippen LogP) is 7.46. The average molecular weight is 435 g/mol. The maximum absolute atomic E-state index is 6.24. The highest BCUT2D eigenvalue weighted by Gasteiger charge is 2.36. The highest BCUT2D eigenvalue weighted by Crippen LogP contribution is 2.36. The number of rotatable bonds is 10. The fourth-order valence-electron chi connectivity index (χ4n) is 2.77. The van der Waals surface area contributed by atoms with Gasteiger partial charge in [0.15, 0.2) is 8.32 Å². The summed E-state index contributed by atoms with van der Waals surface area (Å²) in [6.07, 6.45) is 7.18. The molecule has 0 fully saturated rings. The average Bonchev–Trinajstić information content (AvgIpc) is 2.73. The van der Waals surface area contributed by atoms with Crippen LogP contribution in [0.3, 0.4) is 0 Å². The van der Waals surface area contributed by atoms with Crippen LogP contribution in [0.1, 0.15) is 56.7 Å². The number of ether oxygens (including phenoxy) is 1. The molecule has 0 aliphatic rings. The first kappa shape index (κ1) is 25.1. The van der Waals surface area contributed by atoms with Gasteiger partial charge in [-0.25, -0.2) is 0 Å². The number of unbranched alkanes of at least 4 members (excludes halogenated alkanes) is 2. The molecule has 0 saturated carbocycles.